The Hall–Kier alpha value is -1.88. The smallest absolute Gasteiger partial charge is 0.161 e. The summed E-state index contributed by atoms with van der Waals surface area (Å²) in [6.45, 7) is 4.66. The molecule has 3 N–H and O–H groups in total. The van der Waals surface area contributed by atoms with E-state index in [1.807, 2.05) is 13.8 Å². The third kappa shape index (κ3) is 13.8. The van der Waals surface area contributed by atoms with Gasteiger partial charge in [-0.1, -0.05) is 12.1 Å². The van der Waals surface area contributed by atoms with Crippen LogP contribution in [0.2, 0.25) is 0 Å². The first-order valence-electron chi connectivity index (χ1n) is 11.1. The van der Waals surface area contributed by atoms with Crippen LogP contribution < -0.4 is 24.7 Å². The predicted molar refractivity (Wildman–Crippen MR) is 146 cm³/mol. The van der Waals surface area contributed by atoms with Gasteiger partial charge in [-0.3, -0.25) is 0 Å². The van der Waals surface area contributed by atoms with Gasteiger partial charge < -0.3 is 37.2 Å². The van der Waals surface area contributed by atoms with Crippen molar-refractivity contribution in [1.82, 2.24) is 0 Å². The van der Waals surface area contributed by atoms with Crippen molar-refractivity contribution in [2.24, 2.45) is 5.73 Å². The molecule has 0 radical (unpaired) electrons. The molecule has 0 saturated carbocycles. The number of methoxy groups -OCH3 is 2. The van der Waals surface area contributed by atoms with E-state index in [1.54, 1.807) is 43.5 Å². The fourth-order valence-corrected chi connectivity index (χ4v) is 4.78. The molecule has 2 aromatic carbocycles. The number of hydrogen-bond donors (Lipinski definition) is 2. The average Bonchev–Trinajstić information content (AvgIpc) is 2.77. The Morgan fingerprint density at radius 3 is 1.53 bits per heavy atom. The molecule has 222 valence electrons. The molecule has 2 rings (SSSR count). The summed E-state index contributed by atoms with van der Waals surface area (Å²) in [4.78, 5) is 0. The first-order valence-corrected chi connectivity index (χ1v) is 15.3. The molecular formula is C25H40NO9PdS2-. The summed E-state index contributed by atoms with van der Waals surface area (Å²) in [6, 6.07) is 9.49. The Morgan fingerprint density at radius 2 is 1.16 bits per heavy atom. The Bertz CT molecular complexity index is 1100. The van der Waals surface area contributed by atoms with E-state index in [0.29, 0.717) is 47.3 Å². The van der Waals surface area contributed by atoms with Crippen LogP contribution in [0.1, 0.15) is 37.1 Å². The van der Waals surface area contributed by atoms with Gasteiger partial charge >= 0.3 is 0 Å². The SMILES string of the molecule is CCOc1cc([C@@H](O)CS(C)(=O)=O)ccc1OC.CCOc1cc([C@H](N)CS(C)(=O)=O)ccc1OC.[CH3-].[Pd]. The summed E-state index contributed by atoms with van der Waals surface area (Å²) < 4.78 is 65.7. The average molecular weight is 669 g/mol. The van der Waals surface area contributed by atoms with E-state index in [2.05, 4.69) is 0 Å². The standard InChI is InChI=1S/C12H19NO4S.C12H18O5S.CH3.Pd/c2*1-4-17-12-7-9(5-6-11(12)16-2)10(13)8-18(3,14)15;;/h5-7,10H,4,8,13H2,1-3H3;5-7,10,13H,4,8H2,1-3H3;1H3;/q;;-1;/t2*10-;;/m10../s1. The van der Waals surface area contributed by atoms with Crippen molar-refractivity contribution in [1.29, 1.82) is 0 Å². The summed E-state index contributed by atoms with van der Waals surface area (Å²) in [6.07, 6.45) is 1.19. The van der Waals surface area contributed by atoms with Crippen LogP contribution >= 0.6 is 0 Å². The van der Waals surface area contributed by atoms with E-state index in [1.165, 1.54) is 13.4 Å². The molecule has 0 spiro atoms. The van der Waals surface area contributed by atoms with Crippen molar-refractivity contribution in [2.75, 3.05) is 51.5 Å². The largest absolute Gasteiger partial charge is 0.493 e. The van der Waals surface area contributed by atoms with Crippen LogP contribution in [0.5, 0.6) is 23.0 Å². The second kappa shape index (κ2) is 17.7. The van der Waals surface area contributed by atoms with Gasteiger partial charge in [-0.05, 0) is 49.2 Å². The second-order valence-corrected chi connectivity index (χ2v) is 12.4. The third-order valence-electron chi connectivity index (χ3n) is 4.73. The molecule has 2 atom stereocenters. The monoisotopic (exact) mass is 668 g/mol. The van der Waals surface area contributed by atoms with Crippen LogP contribution in [-0.4, -0.2) is 73.4 Å². The fourth-order valence-electron chi connectivity index (χ4n) is 3.17. The van der Waals surface area contributed by atoms with Gasteiger partial charge in [0.05, 0.1) is 45.0 Å². The predicted octanol–water partition coefficient (Wildman–Crippen LogP) is 2.76. The number of nitrogens with two attached hydrogens (primary N) is 1. The van der Waals surface area contributed by atoms with E-state index < -0.39 is 31.8 Å². The van der Waals surface area contributed by atoms with Gasteiger partial charge in [0.2, 0.25) is 0 Å². The number of aliphatic hydroxyl groups excluding tert-OH is 1. The molecule has 0 saturated heterocycles. The molecule has 0 aliphatic rings. The fraction of sp³-hybridized carbons (Fsp3) is 0.480. The van der Waals surface area contributed by atoms with Crippen LogP contribution in [0.4, 0.5) is 0 Å². The molecule has 0 unspecified atom stereocenters. The Morgan fingerprint density at radius 1 is 0.763 bits per heavy atom. The summed E-state index contributed by atoms with van der Waals surface area (Å²) in [7, 11) is -3.28. The van der Waals surface area contributed by atoms with E-state index in [0.717, 1.165) is 6.26 Å². The Balaban J connectivity index is 0. The van der Waals surface area contributed by atoms with Gasteiger partial charge in [-0.15, -0.1) is 0 Å². The third-order valence-corrected chi connectivity index (χ3v) is 6.62. The molecular weight excluding hydrogens is 629 g/mol. The Labute approximate surface area is 241 Å². The maximum absolute atomic E-state index is 11.2. The molecule has 10 nitrogen and oxygen atoms in total. The minimum absolute atomic E-state index is 0. The van der Waals surface area contributed by atoms with E-state index in [9.17, 15) is 21.9 Å². The number of sulfone groups is 2. The van der Waals surface area contributed by atoms with Gasteiger partial charge in [0.25, 0.3) is 0 Å². The normalized spacial score (nSPS) is 12.4. The molecule has 0 aliphatic carbocycles. The molecule has 13 heteroatoms. The molecule has 0 heterocycles. The van der Waals surface area contributed by atoms with Crippen molar-refractivity contribution < 1.29 is 61.3 Å². The van der Waals surface area contributed by atoms with E-state index >= 15 is 0 Å². The molecule has 0 aliphatic heterocycles. The van der Waals surface area contributed by atoms with Gasteiger partial charge in [0.15, 0.2) is 23.0 Å². The van der Waals surface area contributed by atoms with Gasteiger partial charge in [-0.2, -0.15) is 0 Å². The molecule has 0 bridgehead atoms. The number of hydrogen-bond acceptors (Lipinski definition) is 10. The summed E-state index contributed by atoms with van der Waals surface area (Å²) >= 11 is 0. The zero-order valence-electron chi connectivity index (χ0n) is 22.9. The van der Waals surface area contributed by atoms with Gasteiger partial charge in [0.1, 0.15) is 19.7 Å². The first kappa shape index (κ1) is 38.3. The summed E-state index contributed by atoms with van der Waals surface area (Å²) in [5.41, 5.74) is 7.07. The molecule has 0 aromatic heterocycles. The molecule has 38 heavy (non-hydrogen) atoms. The van der Waals surface area contributed by atoms with Crippen LogP contribution in [-0.2, 0) is 40.1 Å². The van der Waals surface area contributed by atoms with Crippen LogP contribution in [0.3, 0.4) is 0 Å². The quantitative estimate of drug-likeness (QED) is 0.255. The van der Waals surface area contributed by atoms with Crippen LogP contribution in [0.25, 0.3) is 0 Å². The van der Waals surface area contributed by atoms with Crippen LogP contribution in [0, 0.1) is 7.43 Å². The topological polar surface area (TPSA) is 151 Å². The number of ether oxygens (including phenoxy) is 4. The summed E-state index contributed by atoms with van der Waals surface area (Å²) in [5, 5.41) is 9.84. The maximum atomic E-state index is 11.2. The summed E-state index contributed by atoms with van der Waals surface area (Å²) in [5.74, 6) is 1.81. The molecule has 0 fully saturated rings. The number of rotatable bonds is 12. The van der Waals surface area contributed by atoms with Crippen molar-refractivity contribution in [3.63, 3.8) is 0 Å². The number of aliphatic hydroxyl groups is 1. The van der Waals surface area contributed by atoms with Crippen molar-refractivity contribution in [3.05, 3.63) is 55.0 Å². The van der Waals surface area contributed by atoms with Gasteiger partial charge in [0, 0.05) is 39.0 Å². The zero-order valence-corrected chi connectivity index (χ0v) is 26.1. The minimum Gasteiger partial charge on any atom is -0.493 e. The van der Waals surface area contributed by atoms with Gasteiger partial charge in [-0.25, -0.2) is 16.8 Å². The van der Waals surface area contributed by atoms with Crippen molar-refractivity contribution in [2.45, 2.75) is 26.0 Å². The Kier molecular flexibility index (Phi) is 17.8. The van der Waals surface area contributed by atoms with Crippen molar-refractivity contribution >= 4 is 19.7 Å². The van der Waals surface area contributed by atoms with E-state index in [-0.39, 0.29) is 39.4 Å². The van der Waals surface area contributed by atoms with E-state index in [4.69, 9.17) is 24.7 Å². The number of benzene rings is 2. The molecule has 0 amide bonds. The van der Waals surface area contributed by atoms with Crippen LogP contribution in [0.15, 0.2) is 36.4 Å². The van der Waals surface area contributed by atoms with Crippen molar-refractivity contribution in [3.8, 4) is 23.0 Å². The minimum atomic E-state index is -3.23. The maximum Gasteiger partial charge on any atom is 0.161 e. The zero-order chi connectivity index (χ0) is 27.5. The molecule has 2 aromatic rings. The second-order valence-electron chi connectivity index (χ2n) is 7.99. The first-order chi connectivity index (χ1) is 16.7.